The highest BCUT2D eigenvalue weighted by atomic mass is 79.9. The van der Waals surface area contributed by atoms with Gasteiger partial charge in [-0.3, -0.25) is 0 Å². The maximum atomic E-state index is 6.80. The van der Waals surface area contributed by atoms with E-state index in [0.717, 1.165) is 5.75 Å². The summed E-state index contributed by atoms with van der Waals surface area (Å²) in [6.45, 7) is 14.0. The summed E-state index contributed by atoms with van der Waals surface area (Å²) in [6.07, 6.45) is 0. The lowest BCUT2D eigenvalue weighted by Gasteiger charge is -2.42. The summed E-state index contributed by atoms with van der Waals surface area (Å²) >= 11 is 5.63. The van der Waals surface area contributed by atoms with Gasteiger partial charge in [0.2, 0.25) is 0 Å². The Morgan fingerprint density at radius 2 is 1.37 bits per heavy atom. The molecule has 0 aliphatic heterocycles. The van der Waals surface area contributed by atoms with Crippen molar-refractivity contribution in [2.75, 3.05) is 0 Å². The molecule has 0 fully saturated rings. The fourth-order valence-electron chi connectivity index (χ4n) is 4.43. The van der Waals surface area contributed by atoms with Gasteiger partial charge in [-0.25, -0.2) is 0 Å². The van der Waals surface area contributed by atoms with Gasteiger partial charge < -0.3 is 4.43 Å². The fraction of sp³-hybridized carbons (Fsp3) is 0.391. The van der Waals surface area contributed by atoms with E-state index in [1.807, 2.05) is 11.3 Å². The quantitative estimate of drug-likeness (QED) is 0.333. The highest BCUT2D eigenvalue weighted by Crippen LogP contribution is 2.44. The van der Waals surface area contributed by atoms with Crippen LogP contribution in [0.1, 0.15) is 41.5 Å². The Morgan fingerprint density at radius 1 is 0.815 bits per heavy atom. The molecule has 0 saturated heterocycles. The Hall–Kier alpha value is -1.10. The number of benzene rings is 2. The minimum absolute atomic E-state index is 0.578. The van der Waals surface area contributed by atoms with Crippen LogP contribution >= 0.6 is 27.3 Å². The second-order valence-corrected chi connectivity index (χ2v) is 15.4. The number of fused-ring (bicyclic) bond motifs is 1. The van der Waals surface area contributed by atoms with Crippen LogP contribution in [0, 0.1) is 0 Å². The second kappa shape index (κ2) is 8.10. The first-order valence-corrected chi connectivity index (χ1v) is 13.5. The Balaban J connectivity index is 1.94. The predicted molar refractivity (Wildman–Crippen MR) is 127 cm³/mol. The van der Waals surface area contributed by atoms with Gasteiger partial charge in [-0.2, -0.15) is 0 Å². The van der Waals surface area contributed by atoms with Crippen LogP contribution < -0.4 is 4.43 Å². The summed E-state index contributed by atoms with van der Waals surface area (Å²) < 4.78 is 9.29. The summed E-state index contributed by atoms with van der Waals surface area (Å²) in [7, 11) is -1.91. The van der Waals surface area contributed by atoms with Crippen LogP contribution in [-0.4, -0.2) is 8.32 Å². The predicted octanol–water partition coefficient (Wildman–Crippen LogP) is 8.89. The highest BCUT2D eigenvalue weighted by Gasteiger charge is 2.46. The van der Waals surface area contributed by atoms with Crippen LogP contribution in [0.3, 0.4) is 0 Å². The van der Waals surface area contributed by atoms with E-state index in [2.05, 4.69) is 106 Å². The number of halogens is 1. The van der Waals surface area contributed by atoms with Crippen molar-refractivity contribution in [2.24, 2.45) is 0 Å². The van der Waals surface area contributed by atoms with Gasteiger partial charge in [0, 0.05) is 19.4 Å². The summed E-state index contributed by atoms with van der Waals surface area (Å²) in [5, 5.41) is 1.28. The van der Waals surface area contributed by atoms with E-state index < -0.39 is 8.32 Å². The molecule has 0 saturated carbocycles. The maximum Gasteiger partial charge on any atom is 0.258 e. The van der Waals surface area contributed by atoms with E-state index in [0.29, 0.717) is 16.6 Å². The van der Waals surface area contributed by atoms with Gasteiger partial charge in [0.15, 0.2) is 0 Å². The Morgan fingerprint density at radius 3 is 1.89 bits per heavy atom. The normalized spacial score (nSPS) is 12.5. The molecule has 1 heterocycles. The monoisotopic (exact) mass is 460 g/mol. The zero-order chi connectivity index (χ0) is 19.8. The zero-order valence-electron chi connectivity index (χ0n) is 17.0. The molecule has 0 atom stereocenters. The molecule has 0 amide bonds. The first-order chi connectivity index (χ1) is 12.8. The topological polar surface area (TPSA) is 9.23 Å². The fourth-order valence-corrected chi connectivity index (χ4v) is 11.7. The van der Waals surface area contributed by atoms with Crippen LogP contribution in [0.4, 0.5) is 0 Å². The molecule has 27 heavy (non-hydrogen) atoms. The van der Waals surface area contributed by atoms with Gasteiger partial charge in [0.05, 0.1) is 0 Å². The van der Waals surface area contributed by atoms with E-state index in [9.17, 15) is 0 Å². The van der Waals surface area contributed by atoms with E-state index in [-0.39, 0.29) is 0 Å². The third-order valence-corrected chi connectivity index (χ3v) is 14.0. The van der Waals surface area contributed by atoms with Crippen molar-refractivity contribution in [3.8, 4) is 16.2 Å². The Kier molecular flexibility index (Phi) is 6.19. The summed E-state index contributed by atoms with van der Waals surface area (Å²) in [5.41, 5.74) is 2.97. The third-order valence-electron chi connectivity index (χ3n) is 5.65. The standard InChI is InChI=1S/C23H29BrOSSi/c1-15(2)27(16(3)4,17(5)6)25-19-13-11-18(12-14-19)23-22(24)20-9-7-8-10-21(20)26-23/h7-17H,1-6H3. The molecule has 0 aliphatic carbocycles. The van der Waals surface area contributed by atoms with Crippen molar-refractivity contribution in [1.82, 2.24) is 0 Å². The first-order valence-electron chi connectivity index (χ1n) is 9.73. The van der Waals surface area contributed by atoms with Gasteiger partial charge in [-0.1, -0.05) is 59.7 Å². The molecule has 0 unspecified atom stereocenters. The smallest absolute Gasteiger partial charge is 0.258 e. The van der Waals surface area contributed by atoms with Crippen molar-refractivity contribution in [3.63, 3.8) is 0 Å². The van der Waals surface area contributed by atoms with Crippen molar-refractivity contribution < 1.29 is 4.43 Å². The van der Waals surface area contributed by atoms with E-state index in [4.69, 9.17) is 4.43 Å². The summed E-state index contributed by atoms with van der Waals surface area (Å²) in [4.78, 5) is 1.28. The number of rotatable bonds is 6. The Labute approximate surface area is 177 Å². The lowest BCUT2D eigenvalue weighted by Crippen LogP contribution is -2.50. The van der Waals surface area contributed by atoms with Crippen molar-refractivity contribution in [3.05, 3.63) is 53.0 Å². The average Bonchev–Trinajstić information content (AvgIpc) is 2.96. The zero-order valence-corrected chi connectivity index (χ0v) is 20.4. The molecule has 0 N–H and O–H groups in total. The molecule has 4 heteroatoms. The van der Waals surface area contributed by atoms with Gasteiger partial charge in [0.25, 0.3) is 8.32 Å². The molecular weight excluding hydrogens is 432 g/mol. The summed E-state index contributed by atoms with van der Waals surface area (Å²) in [6, 6.07) is 17.2. The van der Waals surface area contributed by atoms with Gasteiger partial charge in [-0.15, -0.1) is 11.3 Å². The van der Waals surface area contributed by atoms with Crippen LogP contribution in [-0.2, 0) is 0 Å². The lowest BCUT2D eigenvalue weighted by atomic mass is 10.1. The van der Waals surface area contributed by atoms with Gasteiger partial charge >= 0.3 is 0 Å². The molecular formula is C23H29BrOSSi. The molecule has 0 aliphatic rings. The molecule has 0 spiro atoms. The molecule has 1 aromatic heterocycles. The number of hydrogen-bond acceptors (Lipinski definition) is 2. The minimum atomic E-state index is -1.91. The largest absolute Gasteiger partial charge is 0.543 e. The van der Waals surface area contributed by atoms with Crippen molar-refractivity contribution >= 4 is 45.7 Å². The second-order valence-electron chi connectivity index (χ2n) is 8.19. The molecule has 1 nitrogen and oxygen atoms in total. The van der Waals surface area contributed by atoms with Crippen LogP contribution in [0.25, 0.3) is 20.5 Å². The molecule has 144 valence electrons. The van der Waals surface area contributed by atoms with Crippen molar-refractivity contribution in [2.45, 2.75) is 58.2 Å². The molecule has 3 aromatic rings. The van der Waals surface area contributed by atoms with Gasteiger partial charge in [0.1, 0.15) is 5.75 Å². The van der Waals surface area contributed by atoms with Crippen LogP contribution in [0.5, 0.6) is 5.75 Å². The molecule has 3 rings (SSSR count). The van der Waals surface area contributed by atoms with Gasteiger partial charge in [-0.05, 0) is 68.4 Å². The van der Waals surface area contributed by atoms with E-state index in [1.54, 1.807) is 0 Å². The first kappa shape index (κ1) is 20.6. The summed E-state index contributed by atoms with van der Waals surface area (Å²) in [5.74, 6) is 1.01. The average molecular weight is 462 g/mol. The maximum absolute atomic E-state index is 6.80. The molecule has 0 radical (unpaired) electrons. The third kappa shape index (κ3) is 3.76. The highest BCUT2D eigenvalue weighted by molar-refractivity contribution is 9.10. The molecule has 0 bridgehead atoms. The van der Waals surface area contributed by atoms with Crippen molar-refractivity contribution in [1.29, 1.82) is 0 Å². The molecule has 2 aromatic carbocycles. The SMILES string of the molecule is CC(C)[Si](Oc1ccc(-c2sc3ccccc3c2Br)cc1)(C(C)C)C(C)C. The van der Waals surface area contributed by atoms with Crippen LogP contribution in [0.2, 0.25) is 16.6 Å². The number of hydrogen-bond donors (Lipinski definition) is 0. The van der Waals surface area contributed by atoms with Crippen LogP contribution in [0.15, 0.2) is 53.0 Å². The Bertz CT molecular complexity index is 890. The lowest BCUT2D eigenvalue weighted by molar-refractivity contribution is 0.480. The van der Waals surface area contributed by atoms with E-state index in [1.165, 1.54) is 25.0 Å². The number of thiophene rings is 1. The minimum Gasteiger partial charge on any atom is -0.543 e. The van der Waals surface area contributed by atoms with E-state index >= 15 is 0 Å².